The molecule has 156 valence electrons. The Morgan fingerprint density at radius 2 is 1.12 bits per heavy atom. The molecule has 4 aromatic carbocycles. The molecule has 0 saturated carbocycles. The Labute approximate surface area is 189 Å². The van der Waals surface area contributed by atoms with Crippen LogP contribution in [0.2, 0.25) is 0 Å². The van der Waals surface area contributed by atoms with Gasteiger partial charge in [-0.05, 0) is 59.7 Å². The fourth-order valence-electron chi connectivity index (χ4n) is 4.55. The van der Waals surface area contributed by atoms with Crippen LogP contribution in [0.15, 0.2) is 96.0 Å². The van der Waals surface area contributed by atoms with E-state index in [0.717, 1.165) is 68.2 Å². The van der Waals surface area contributed by atoms with Gasteiger partial charge in [0.1, 0.15) is 11.6 Å². The molecule has 0 radical (unpaired) electrons. The topological polar surface area (TPSA) is 69.7 Å². The largest absolute Gasteiger partial charge is 0.338 e. The van der Waals surface area contributed by atoms with E-state index in [1.165, 1.54) is 5.56 Å². The minimum atomic E-state index is 0.819. The third-order valence-electron chi connectivity index (χ3n) is 6.20. The Hall–Kier alpha value is -4.51. The summed E-state index contributed by atoms with van der Waals surface area (Å²) in [6.45, 7) is 0. The van der Waals surface area contributed by atoms with Crippen molar-refractivity contribution in [2.75, 3.05) is 0 Å². The van der Waals surface area contributed by atoms with Gasteiger partial charge in [0, 0.05) is 17.5 Å². The average Bonchev–Trinajstić information content (AvgIpc) is 3.59. The molecule has 0 unspecified atom stereocenters. The lowest BCUT2D eigenvalue weighted by Crippen LogP contribution is -2.02. The molecule has 5 nitrogen and oxygen atoms in total. The van der Waals surface area contributed by atoms with Crippen molar-refractivity contribution in [3.05, 3.63) is 102 Å². The molecule has 0 bridgehead atoms. The van der Waals surface area contributed by atoms with Crippen molar-refractivity contribution in [1.29, 1.82) is 0 Å². The normalized spacial score (nSPS) is 12.9. The van der Waals surface area contributed by atoms with Crippen molar-refractivity contribution in [3.63, 3.8) is 0 Å². The van der Waals surface area contributed by atoms with E-state index in [4.69, 9.17) is 15.0 Å². The highest BCUT2D eigenvalue weighted by atomic mass is 14.9. The summed E-state index contributed by atoms with van der Waals surface area (Å²) in [7, 11) is 0. The van der Waals surface area contributed by atoms with Crippen molar-refractivity contribution in [2.45, 2.75) is 6.42 Å². The van der Waals surface area contributed by atoms with Gasteiger partial charge in [-0.1, -0.05) is 42.5 Å². The van der Waals surface area contributed by atoms with Crippen molar-refractivity contribution < 1.29 is 0 Å². The van der Waals surface area contributed by atoms with Gasteiger partial charge in [0.25, 0.3) is 0 Å². The van der Waals surface area contributed by atoms with Gasteiger partial charge in [-0.2, -0.15) is 0 Å². The van der Waals surface area contributed by atoms with Gasteiger partial charge >= 0.3 is 0 Å². The molecular weight excluding hydrogens is 406 g/mol. The highest BCUT2D eigenvalue weighted by molar-refractivity contribution is 6.08. The number of aliphatic imine (C=N–C) groups is 1. The number of fused-ring (bicyclic) bond motifs is 3. The molecule has 0 aliphatic carbocycles. The smallest absolute Gasteiger partial charge is 0.138 e. The Balaban J connectivity index is 1.42. The molecule has 1 aliphatic heterocycles. The van der Waals surface area contributed by atoms with E-state index in [-0.39, 0.29) is 0 Å². The lowest BCUT2D eigenvalue weighted by Gasteiger charge is -2.08. The fourth-order valence-corrected chi connectivity index (χ4v) is 4.55. The first-order valence-corrected chi connectivity index (χ1v) is 11.0. The molecule has 0 atom stereocenters. The summed E-state index contributed by atoms with van der Waals surface area (Å²) in [4.78, 5) is 21.6. The number of benzene rings is 4. The zero-order valence-corrected chi connectivity index (χ0v) is 17.7. The molecule has 0 amide bonds. The Kier molecular flexibility index (Phi) is 3.84. The number of imidazole rings is 2. The van der Waals surface area contributed by atoms with Gasteiger partial charge in [-0.25, -0.2) is 9.97 Å². The number of nitrogens with zero attached hydrogens (tertiary/aromatic N) is 3. The summed E-state index contributed by atoms with van der Waals surface area (Å²) in [6, 6.07) is 31.0. The summed E-state index contributed by atoms with van der Waals surface area (Å²) in [6.07, 6.45) is 0.819. The fraction of sp³-hybridized carbons (Fsp3) is 0.0357. The third kappa shape index (κ3) is 3.05. The number of H-pyrrole nitrogens is 2. The first-order valence-electron chi connectivity index (χ1n) is 11.0. The Bertz CT molecular complexity index is 1540. The van der Waals surface area contributed by atoms with Crippen LogP contribution in [0, 0.1) is 0 Å². The van der Waals surface area contributed by atoms with Gasteiger partial charge in [0.05, 0.1) is 33.5 Å². The SMILES string of the molecule is c1ccc2c(c1)CC(c1cc(-c3nc4ccccc4[nH]3)cc(-c3nc4ccccc4[nH]3)c1)=N2. The first kappa shape index (κ1) is 18.1. The lowest BCUT2D eigenvalue weighted by atomic mass is 9.99. The standard InChI is InChI=1S/C28H19N5/c1-2-8-21-17(7-1)16-26(29-21)18-13-19(27-30-22-9-3-4-10-23(22)31-27)15-20(14-18)28-32-24-11-5-6-12-25(24)33-28/h1-15H,16H2,(H,30,31)(H,32,33). The van der Waals surface area contributed by atoms with Crippen molar-refractivity contribution >= 4 is 33.5 Å². The molecule has 0 saturated heterocycles. The maximum Gasteiger partial charge on any atom is 0.138 e. The van der Waals surface area contributed by atoms with Crippen LogP contribution in [0.25, 0.3) is 44.8 Å². The summed E-state index contributed by atoms with van der Waals surface area (Å²) in [5, 5.41) is 0. The quantitative estimate of drug-likeness (QED) is 0.342. The van der Waals surface area contributed by atoms with Crippen LogP contribution in [0.3, 0.4) is 0 Å². The van der Waals surface area contributed by atoms with Crippen molar-refractivity contribution in [2.24, 2.45) is 4.99 Å². The van der Waals surface area contributed by atoms with E-state index in [1.54, 1.807) is 0 Å². The minimum Gasteiger partial charge on any atom is -0.338 e. The van der Waals surface area contributed by atoms with Crippen molar-refractivity contribution in [3.8, 4) is 22.8 Å². The van der Waals surface area contributed by atoms with E-state index in [0.29, 0.717) is 0 Å². The third-order valence-corrected chi connectivity index (χ3v) is 6.20. The summed E-state index contributed by atoms with van der Waals surface area (Å²) < 4.78 is 0. The molecule has 0 fully saturated rings. The Morgan fingerprint density at radius 1 is 0.576 bits per heavy atom. The van der Waals surface area contributed by atoms with Gasteiger partial charge in [-0.3, -0.25) is 4.99 Å². The van der Waals surface area contributed by atoms with E-state index in [1.807, 2.05) is 54.6 Å². The van der Waals surface area contributed by atoms with Crippen LogP contribution in [0.4, 0.5) is 5.69 Å². The number of hydrogen-bond donors (Lipinski definition) is 2. The highest BCUT2D eigenvalue weighted by Crippen LogP contribution is 2.33. The average molecular weight is 425 g/mol. The molecule has 1 aliphatic rings. The predicted octanol–water partition coefficient (Wildman–Crippen LogP) is 6.45. The first-order chi connectivity index (χ1) is 16.3. The molecule has 33 heavy (non-hydrogen) atoms. The maximum absolute atomic E-state index is 4.93. The molecule has 2 N–H and O–H groups in total. The van der Waals surface area contributed by atoms with Crippen LogP contribution in [-0.4, -0.2) is 25.6 Å². The zero-order chi connectivity index (χ0) is 21.8. The second-order valence-electron chi connectivity index (χ2n) is 8.37. The van der Waals surface area contributed by atoms with Gasteiger partial charge in [-0.15, -0.1) is 0 Å². The van der Waals surface area contributed by atoms with Crippen molar-refractivity contribution in [1.82, 2.24) is 19.9 Å². The van der Waals surface area contributed by atoms with E-state index >= 15 is 0 Å². The summed E-state index contributed by atoms with van der Waals surface area (Å²) >= 11 is 0. The Morgan fingerprint density at radius 3 is 1.73 bits per heavy atom. The molecule has 6 aromatic rings. The zero-order valence-electron chi connectivity index (χ0n) is 17.7. The van der Waals surface area contributed by atoms with E-state index in [2.05, 4.69) is 46.4 Å². The molecule has 2 aromatic heterocycles. The molecule has 0 spiro atoms. The lowest BCUT2D eigenvalue weighted by molar-refractivity contribution is 1.31. The number of hydrogen-bond acceptors (Lipinski definition) is 3. The summed E-state index contributed by atoms with van der Waals surface area (Å²) in [5.41, 5.74) is 10.4. The summed E-state index contributed by atoms with van der Waals surface area (Å²) in [5.74, 6) is 1.68. The predicted molar refractivity (Wildman–Crippen MR) is 133 cm³/mol. The van der Waals surface area contributed by atoms with Crippen LogP contribution < -0.4 is 0 Å². The van der Waals surface area contributed by atoms with E-state index < -0.39 is 0 Å². The number of nitrogens with one attached hydrogen (secondary N) is 2. The highest BCUT2D eigenvalue weighted by Gasteiger charge is 2.19. The molecule has 5 heteroatoms. The second kappa shape index (κ2) is 7.00. The van der Waals surface area contributed by atoms with Gasteiger partial charge < -0.3 is 9.97 Å². The van der Waals surface area contributed by atoms with Gasteiger partial charge in [0.2, 0.25) is 0 Å². The number of para-hydroxylation sites is 5. The number of rotatable bonds is 3. The van der Waals surface area contributed by atoms with E-state index in [9.17, 15) is 0 Å². The van der Waals surface area contributed by atoms with Gasteiger partial charge in [0.15, 0.2) is 0 Å². The monoisotopic (exact) mass is 425 g/mol. The maximum atomic E-state index is 4.93. The van der Waals surface area contributed by atoms with Crippen LogP contribution in [-0.2, 0) is 6.42 Å². The molecule has 3 heterocycles. The molecular formula is C28H19N5. The minimum absolute atomic E-state index is 0.819. The molecule has 7 rings (SSSR count). The van der Waals surface area contributed by atoms with Crippen LogP contribution >= 0.6 is 0 Å². The van der Waals surface area contributed by atoms with Crippen LogP contribution in [0.1, 0.15) is 11.1 Å². The number of aromatic amines is 2. The number of aromatic nitrogens is 4. The van der Waals surface area contributed by atoms with Crippen LogP contribution in [0.5, 0.6) is 0 Å². The second-order valence-corrected chi connectivity index (χ2v) is 8.37.